The van der Waals surface area contributed by atoms with Crippen LogP contribution >= 0.6 is 11.3 Å². The van der Waals surface area contributed by atoms with Crippen LogP contribution < -0.4 is 10.0 Å². The second-order valence-corrected chi connectivity index (χ2v) is 7.77. The zero-order valence-electron chi connectivity index (χ0n) is 11.8. The molecule has 1 aliphatic heterocycles. The van der Waals surface area contributed by atoms with Crippen LogP contribution in [0.5, 0.6) is 0 Å². The summed E-state index contributed by atoms with van der Waals surface area (Å²) in [6.07, 6.45) is 3.21. The van der Waals surface area contributed by atoms with Gasteiger partial charge in [0.05, 0.1) is 0 Å². The monoisotopic (exact) mass is 333 g/mol. The molecule has 1 fully saturated rings. The first-order valence-electron chi connectivity index (χ1n) is 6.80. The summed E-state index contributed by atoms with van der Waals surface area (Å²) in [5.41, 5.74) is 0. The molecular weight excluding hydrogens is 314 g/mol. The predicted octanol–water partition coefficient (Wildman–Crippen LogP) is 0.261. The molecule has 1 aromatic heterocycles. The van der Waals surface area contributed by atoms with Crippen molar-refractivity contribution < 1.29 is 13.2 Å². The van der Waals surface area contributed by atoms with Crippen molar-refractivity contribution in [2.45, 2.75) is 30.5 Å². The van der Waals surface area contributed by atoms with E-state index in [1.165, 1.54) is 19.8 Å². The highest BCUT2D eigenvalue weighted by Crippen LogP contribution is 2.19. The minimum atomic E-state index is -3.65. The Labute approximate surface area is 128 Å². The van der Waals surface area contributed by atoms with E-state index in [4.69, 9.17) is 0 Å². The average molecular weight is 333 g/mol. The van der Waals surface area contributed by atoms with E-state index in [-0.39, 0.29) is 15.4 Å². The molecule has 2 rings (SSSR count). The minimum absolute atomic E-state index is 0.132. The van der Waals surface area contributed by atoms with E-state index < -0.39 is 10.0 Å². The van der Waals surface area contributed by atoms with Crippen molar-refractivity contribution in [2.24, 2.45) is 0 Å². The number of nitrogens with one attached hydrogen (secondary N) is 2. The molecule has 21 heavy (non-hydrogen) atoms. The van der Waals surface area contributed by atoms with E-state index in [1.807, 2.05) is 0 Å². The number of carbonyl (C=O) groups excluding carboxylic acids is 1. The van der Waals surface area contributed by atoms with Gasteiger partial charge in [-0.2, -0.15) is 0 Å². The largest absolute Gasteiger partial charge is 0.303 e. The minimum Gasteiger partial charge on any atom is -0.303 e. The third kappa shape index (κ3) is 4.99. The molecule has 2 heterocycles. The number of amides is 1. The first-order chi connectivity index (χ1) is 9.97. The summed E-state index contributed by atoms with van der Waals surface area (Å²) < 4.78 is 26.4. The number of sulfonamides is 1. The van der Waals surface area contributed by atoms with Gasteiger partial charge in [-0.3, -0.25) is 4.79 Å². The summed E-state index contributed by atoms with van der Waals surface area (Å²) >= 11 is 0.836. The zero-order chi connectivity index (χ0) is 15.3. The van der Waals surface area contributed by atoms with E-state index in [0.29, 0.717) is 6.54 Å². The fourth-order valence-electron chi connectivity index (χ4n) is 2.10. The molecule has 0 radical (unpaired) electrons. The first-order valence-corrected chi connectivity index (χ1v) is 9.10. The van der Waals surface area contributed by atoms with Crippen LogP contribution in [0, 0.1) is 0 Å². The lowest BCUT2D eigenvalue weighted by Crippen LogP contribution is -2.28. The Kier molecular flexibility index (Phi) is 5.62. The molecule has 0 spiro atoms. The van der Waals surface area contributed by atoms with Crippen molar-refractivity contribution in [1.82, 2.24) is 19.8 Å². The smallest absolute Gasteiger partial charge is 0.269 e. The molecule has 0 bridgehead atoms. The molecule has 8 nitrogen and oxygen atoms in total. The fourth-order valence-corrected chi connectivity index (χ4v) is 4.16. The van der Waals surface area contributed by atoms with Crippen LogP contribution in [0.3, 0.4) is 0 Å². The third-order valence-corrected chi connectivity index (χ3v) is 5.73. The Morgan fingerprint density at radius 2 is 2.05 bits per heavy atom. The summed E-state index contributed by atoms with van der Waals surface area (Å²) in [5.74, 6) is -0.311. The number of anilines is 1. The summed E-state index contributed by atoms with van der Waals surface area (Å²) in [5, 5.41) is 9.80. The summed E-state index contributed by atoms with van der Waals surface area (Å²) in [4.78, 5) is 13.2. The maximum Gasteiger partial charge on any atom is 0.269 e. The van der Waals surface area contributed by atoms with Gasteiger partial charge in [-0.05, 0) is 38.9 Å². The highest BCUT2D eigenvalue weighted by atomic mass is 32.2. The number of rotatable bonds is 7. The standard InChI is InChI=1S/C11H19N5O3S2/c1-9(17)13-10-14-15-11(20-10)21(18,19)12-5-4-8-16-6-2-3-7-16/h12H,2-8H2,1H3,(H,13,14,17). The lowest BCUT2D eigenvalue weighted by Gasteiger charge is -2.13. The van der Waals surface area contributed by atoms with Gasteiger partial charge < -0.3 is 10.2 Å². The molecule has 2 N–H and O–H groups in total. The topological polar surface area (TPSA) is 104 Å². The molecule has 0 atom stereocenters. The van der Waals surface area contributed by atoms with Gasteiger partial charge in [0.25, 0.3) is 10.0 Å². The quantitative estimate of drug-likeness (QED) is 0.548. The van der Waals surface area contributed by atoms with E-state index in [0.717, 1.165) is 37.4 Å². The van der Waals surface area contributed by atoms with Gasteiger partial charge in [0, 0.05) is 13.5 Å². The van der Waals surface area contributed by atoms with Gasteiger partial charge >= 0.3 is 0 Å². The van der Waals surface area contributed by atoms with E-state index in [1.54, 1.807) is 0 Å². The molecule has 1 saturated heterocycles. The molecule has 1 aliphatic rings. The number of likely N-dealkylation sites (tertiary alicyclic amines) is 1. The van der Waals surface area contributed by atoms with Crippen molar-refractivity contribution in [3.05, 3.63) is 0 Å². The lowest BCUT2D eigenvalue weighted by molar-refractivity contribution is -0.114. The van der Waals surface area contributed by atoms with Gasteiger partial charge in [0.15, 0.2) is 0 Å². The Bertz CT molecular complexity index is 580. The van der Waals surface area contributed by atoms with E-state index in [2.05, 4.69) is 25.1 Å². The number of nitrogens with zero attached hydrogens (tertiary/aromatic N) is 3. The van der Waals surface area contributed by atoms with Crippen LogP contribution in [0.25, 0.3) is 0 Å². The van der Waals surface area contributed by atoms with Gasteiger partial charge in [-0.1, -0.05) is 11.3 Å². The van der Waals surface area contributed by atoms with Crippen LogP contribution in [0.4, 0.5) is 5.13 Å². The molecule has 10 heteroatoms. The molecule has 0 aromatic carbocycles. The van der Waals surface area contributed by atoms with Crippen molar-refractivity contribution in [2.75, 3.05) is 31.5 Å². The molecule has 0 unspecified atom stereocenters. The van der Waals surface area contributed by atoms with Crippen LogP contribution in [-0.4, -0.2) is 55.6 Å². The normalized spacial score (nSPS) is 16.2. The van der Waals surface area contributed by atoms with Crippen LogP contribution in [0.2, 0.25) is 0 Å². The number of hydrogen-bond acceptors (Lipinski definition) is 7. The van der Waals surface area contributed by atoms with Crippen molar-refractivity contribution in [1.29, 1.82) is 0 Å². The van der Waals surface area contributed by atoms with E-state index >= 15 is 0 Å². The molecule has 118 valence electrons. The predicted molar refractivity (Wildman–Crippen MR) is 79.7 cm³/mol. The fraction of sp³-hybridized carbons (Fsp3) is 0.727. The van der Waals surface area contributed by atoms with Gasteiger partial charge in [0.2, 0.25) is 15.4 Å². The SMILES string of the molecule is CC(=O)Nc1nnc(S(=O)(=O)NCCCN2CCCC2)s1. The average Bonchev–Trinajstić information content (AvgIpc) is 3.05. The van der Waals surface area contributed by atoms with Gasteiger partial charge in [-0.15, -0.1) is 10.2 Å². The maximum absolute atomic E-state index is 12.0. The van der Waals surface area contributed by atoms with Crippen LogP contribution in [0.1, 0.15) is 26.2 Å². The second-order valence-electron chi connectivity index (χ2n) is 4.85. The highest BCUT2D eigenvalue weighted by molar-refractivity contribution is 7.91. The Balaban J connectivity index is 1.80. The van der Waals surface area contributed by atoms with Crippen LogP contribution in [0.15, 0.2) is 4.34 Å². The Morgan fingerprint density at radius 3 is 2.71 bits per heavy atom. The number of carbonyl (C=O) groups is 1. The highest BCUT2D eigenvalue weighted by Gasteiger charge is 2.20. The van der Waals surface area contributed by atoms with Crippen molar-refractivity contribution >= 4 is 32.4 Å². The van der Waals surface area contributed by atoms with Gasteiger partial charge in [0.1, 0.15) is 0 Å². The number of aromatic nitrogens is 2. The molecular formula is C11H19N5O3S2. The second kappa shape index (κ2) is 7.25. The van der Waals surface area contributed by atoms with Crippen LogP contribution in [-0.2, 0) is 14.8 Å². The van der Waals surface area contributed by atoms with Gasteiger partial charge in [-0.25, -0.2) is 13.1 Å². The summed E-state index contributed by atoms with van der Waals surface area (Å²) in [7, 11) is -3.65. The van der Waals surface area contributed by atoms with Crippen molar-refractivity contribution in [3.63, 3.8) is 0 Å². The number of hydrogen-bond donors (Lipinski definition) is 2. The Hall–Kier alpha value is -1.10. The molecule has 1 aromatic rings. The molecule has 1 amide bonds. The van der Waals surface area contributed by atoms with Crippen molar-refractivity contribution in [3.8, 4) is 0 Å². The molecule has 0 aliphatic carbocycles. The zero-order valence-corrected chi connectivity index (χ0v) is 13.5. The maximum atomic E-state index is 12.0. The molecule has 0 saturated carbocycles. The third-order valence-electron chi connectivity index (χ3n) is 3.06. The Morgan fingerprint density at radius 1 is 1.33 bits per heavy atom. The van der Waals surface area contributed by atoms with E-state index in [9.17, 15) is 13.2 Å². The summed E-state index contributed by atoms with van der Waals surface area (Å²) in [6.45, 7) is 4.79. The lowest BCUT2D eigenvalue weighted by atomic mass is 10.4. The first kappa shape index (κ1) is 16.3. The summed E-state index contributed by atoms with van der Waals surface area (Å²) in [6, 6.07) is 0.